The van der Waals surface area contributed by atoms with Gasteiger partial charge in [-0.1, -0.05) is 37.3 Å². The summed E-state index contributed by atoms with van der Waals surface area (Å²) in [5.41, 5.74) is 0.149. The van der Waals surface area contributed by atoms with Gasteiger partial charge in [-0.05, 0) is 26.3 Å². The molecule has 8 heteroatoms. The number of hydrogen-bond donors (Lipinski definition) is 3. The van der Waals surface area contributed by atoms with Crippen LogP contribution in [0.25, 0.3) is 0 Å². The second kappa shape index (κ2) is 9.91. The van der Waals surface area contributed by atoms with E-state index in [1.807, 2.05) is 30.3 Å². The molecule has 0 aromatic heterocycles. The lowest BCUT2D eigenvalue weighted by Crippen LogP contribution is -2.49. The Labute approximate surface area is 158 Å². The van der Waals surface area contributed by atoms with Crippen molar-refractivity contribution in [3.8, 4) is 0 Å². The van der Waals surface area contributed by atoms with Gasteiger partial charge in [-0.2, -0.15) is 0 Å². The lowest BCUT2D eigenvalue weighted by Gasteiger charge is -2.29. The van der Waals surface area contributed by atoms with Gasteiger partial charge < -0.3 is 25.0 Å². The van der Waals surface area contributed by atoms with Crippen molar-refractivity contribution in [3.05, 3.63) is 35.9 Å². The van der Waals surface area contributed by atoms with Crippen LogP contribution in [0.4, 0.5) is 4.79 Å². The van der Waals surface area contributed by atoms with Crippen LogP contribution in [0.3, 0.4) is 0 Å². The summed E-state index contributed by atoms with van der Waals surface area (Å²) in [6.45, 7) is 6.69. The Morgan fingerprint density at radius 2 is 1.63 bits per heavy atom. The van der Waals surface area contributed by atoms with Crippen molar-refractivity contribution in [2.75, 3.05) is 6.61 Å². The molecular formula is C19H27NO7. The predicted octanol–water partition coefficient (Wildman–Crippen LogP) is 2.52. The van der Waals surface area contributed by atoms with Gasteiger partial charge >= 0.3 is 18.0 Å². The number of carboxylic acid groups (broad SMARTS) is 2. The van der Waals surface area contributed by atoms with Crippen molar-refractivity contribution in [1.82, 2.24) is 5.32 Å². The zero-order valence-corrected chi connectivity index (χ0v) is 16.0. The number of amides is 1. The van der Waals surface area contributed by atoms with Crippen LogP contribution < -0.4 is 5.32 Å². The molecule has 1 aromatic carbocycles. The summed E-state index contributed by atoms with van der Waals surface area (Å²) in [5, 5.41) is 21.0. The highest BCUT2D eigenvalue weighted by Crippen LogP contribution is 2.19. The normalized spacial score (nSPS) is 13.7. The minimum atomic E-state index is -1.69. The number of ether oxygens (including phenoxy) is 2. The quantitative estimate of drug-likeness (QED) is 0.562. The summed E-state index contributed by atoms with van der Waals surface area (Å²) in [5.74, 6) is -5.57. The molecule has 1 amide bonds. The lowest BCUT2D eigenvalue weighted by molar-refractivity contribution is -0.157. The molecule has 0 heterocycles. The minimum Gasteiger partial charge on any atom is -0.481 e. The molecule has 1 rings (SSSR count). The Bertz CT molecular complexity index is 625. The van der Waals surface area contributed by atoms with E-state index in [0.29, 0.717) is 0 Å². The van der Waals surface area contributed by atoms with E-state index in [2.05, 4.69) is 5.32 Å². The highest BCUT2D eigenvalue weighted by molar-refractivity contribution is 5.93. The number of carboxylic acids is 2. The van der Waals surface area contributed by atoms with Crippen LogP contribution in [0.2, 0.25) is 0 Å². The Hall–Kier alpha value is -2.61. The van der Waals surface area contributed by atoms with E-state index in [1.54, 1.807) is 20.8 Å². The van der Waals surface area contributed by atoms with Crippen molar-refractivity contribution in [2.24, 2.45) is 11.8 Å². The monoisotopic (exact) mass is 381 g/mol. The van der Waals surface area contributed by atoms with E-state index in [4.69, 9.17) is 9.47 Å². The van der Waals surface area contributed by atoms with Crippen LogP contribution in [0.1, 0.15) is 33.3 Å². The van der Waals surface area contributed by atoms with E-state index < -0.39 is 41.5 Å². The molecule has 1 aromatic rings. The predicted molar refractivity (Wildman–Crippen MR) is 97.2 cm³/mol. The Balaban J connectivity index is 2.85. The third kappa shape index (κ3) is 8.08. The van der Waals surface area contributed by atoms with Crippen molar-refractivity contribution in [3.63, 3.8) is 0 Å². The molecule has 150 valence electrons. The maximum Gasteiger partial charge on any atom is 0.407 e. The molecule has 8 nitrogen and oxygen atoms in total. The zero-order valence-electron chi connectivity index (χ0n) is 16.0. The van der Waals surface area contributed by atoms with E-state index in [9.17, 15) is 24.6 Å². The molecule has 0 radical (unpaired) electrons. The van der Waals surface area contributed by atoms with Crippen LogP contribution in [-0.2, 0) is 25.7 Å². The minimum absolute atomic E-state index is 0.0631. The standard InChI is InChI=1S/C19H27NO7/c1-12(15(16(21)22)17(23)24)14(20-18(25)27-19(2,3)4)11-26-10-13-8-6-5-7-9-13/h5-9,12,14-15H,10-11H2,1-4H3,(H,20,25)(H,21,22)(H,23,24). The van der Waals surface area contributed by atoms with Crippen LogP contribution in [-0.4, -0.2) is 46.5 Å². The van der Waals surface area contributed by atoms with Gasteiger partial charge in [-0.15, -0.1) is 0 Å². The van der Waals surface area contributed by atoms with E-state index in [1.165, 1.54) is 6.92 Å². The van der Waals surface area contributed by atoms with E-state index >= 15 is 0 Å². The number of hydrogen-bond acceptors (Lipinski definition) is 5. The highest BCUT2D eigenvalue weighted by atomic mass is 16.6. The topological polar surface area (TPSA) is 122 Å². The summed E-state index contributed by atoms with van der Waals surface area (Å²) in [6, 6.07) is 8.42. The van der Waals surface area contributed by atoms with Crippen LogP contribution in [0.5, 0.6) is 0 Å². The van der Waals surface area contributed by atoms with Crippen molar-refractivity contribution < 1.29 is 34.1 Å². The number of nitrogens with one attached hydrogen (secondary N) is 1. The lowest BCUT2D eigenvalue weighted by atomic mass is 9.88. The third-order valence-corrected chi connectivity index (χ3v) is 3.80. The van der Waals surface area contributed by atoms with Crippen LogP contribution >= 0.6 is 0 Å². The van der Waals surface area contributed by atoms with Gasteiger partial charge in [0, 0.05) is 5.92 Å². The molecule has 0 saturated carbocycles. The van der Waals surface area contributed by atoms with Gasteiger partial charge in [-0.3, -0.25) is 9.59 Å². The van der Waals surface area contributed by atoms with Crippen molar-refractivity contribution in [2.45, 2.75) is 45.9 Å². The molecule has 2 atom stereocenters. The fourth-order valence-electron chi connectivity index (χ4n) is 2.45. The highest BCUT2D eigenvalue weighted by Gasteiger charge is 2.38. The molecule has 0 fully saturated rings. The molecular weight excluding hydrogens is 354 g/mol. The number of alkyl carbamates (subject to hydrolysis) is 1. The van der Waals surface area contributed by atoms with E-state index in [0.717, 1.165) is 5.56 Å². The first-order valence-electron chi connectivity index (χ1n) is 8.58. The Morgan fingerprint density at radius 3 is 2.11 bits per heavy atom. The molecule has 3 N–H and O–H groups in total. The SMILES string of the molecule is CC(C(COCc1ccccc1)NC(=O)OC(C)(C)C)C(C(=O)O)C(=O)O. The van der Waals surface area contributed by atoms with Gasteiger partial charge in [0.05, 0.1) is 19.3 Å². The van der Waals surface area contributed by atoms with Gasteiger partial charge in [0.1, 0.15) is 5.60 Å². The number of carbonyl (C=O) groups excluding carboxylic acids is 1. The number of rotatable bonds is 9. The van der Waals surface area contributed by atoms with E-state index in [-0.39, 0.29) is 13.2 Å². The Kier molecular flexibility index (Phi) is 8.24. The van der Waals surface area contributed by atoms with Gasteiger partial charge in [-0.25, -0.2) is 4.79 Å². The summed E-state index contributed by atoms with van der Waals surface area (Å²) >= 11 is 0. The Morgan fingerprint density at radius 1 is 1.07 bits per heavy atom. The van der Waals surface area contributed by atoms with Crippen molar-refractivity contribution >= 4 is 18.0 Å². The fourth-order valence-corrected chi connectivity index (χ4v) is 2.45. The molecule has 0 bridgehead atoms. The number of aliphatic carboxylic acids is 2. The summed E-state index contributed by atoms with van der Waals surface area (Å²) in [6.07, 6.45) is -0.766. The molecule has 0 aliphatic rings. The zero-order chi connectivity index (χ0) is 20.6. The second-order valence-corrected chi connectivity index (χ2v) is 7.27. The van der Waals surface area contributed by atoms with Crippen LogP contribution in [0.15, 0.2) is 30.3 Å². The first kappa shape index (κ1) is 22.4. The molecule has 0 saturated heterocycles. The second-order valence-electron chi connectivity index (χ2n) is 7.27. The largest absolute Gasteiger partial charge is 0.481 e. The molecule has 0 aliphatic heterocycles. The van der Waals surface area contributed by atoms with Gasteiger partial charge in [0.2, 0.25) is 0 Å². The maximum atomic E-state index is 12.1. The summed E-state index contributed by atoms with van der Waals surface area (Å²) in [7, 11) is 0. The average molecular weight is 381 g/mol. The molecule has 0 spiro atoms. The number of benzene rings is 1. The van der Waals surface area contributed by atoms with Crippen molar-refractivity contribution in [1.29, 1.82) is 0 Å². The average Bonchev–Trinajstić information content (AvgIpc) is 2.52. The molecule has 2 unspecified atom stereocenters. The summed E-state index contributed by atoms with van der Waals surface area (Å²) in [4.78, 5) is 34.7. The number of carbonyl (C=O) groups is 3. The third-order valence-electron chi connectivity index (χ3n) is 3.80. The van der Waals surface area contributed by atoms with Crippen LogP contribution in [0, 0.1) is 11.8 Å². The molecule has 27 heavy (non-hydrogen) atoms. The fraction of sp³-hybridized carbons (Fsp3) is 0.526. The molecule has 0 aliphatic carbocycles. The summed E-state index contributed by atoms with van der Waals surface area (Å²) < 4.78 is 10.8. The first-order chi connectivity index (χ1) is 12.5. The van der Waals surface area contributed by atoms with Gasteiger partial charge in [0.25, 0.3) is 0 Å². The maximum absolute atomic E-state index is 12.1. The van der Waals surface area contributed by atoms with Gasteiger partial charge in [0.15, 0.2) is 5.92 Å². The first-order valence-corrected chi connectivity index (χ1v) is 8.58. The smallest absolute Gasteiger partial charge is 0.407 e.